The molecule has 4 rings (SSSR count). The van der Waals surface area contributed by atoms with Crippen molar-refractivity contribution >= 4 is 11.8 Å². The third kappa shape index (κ3) is 4.84. The molecule has 0 aromatic heterocycles. The number of aliphatic hydroxyl groups is 1. The maximum Gasteiger partial charge on any atom is 0.251 e. The number of nitrogens with one attached hydrogen (secondary N) is 1. The Hall–Kier alpha value is -2.08. The molecule has 1 aromatic carbocycles. The summed E-state index contributed by atoms with van der Waals surface area (Å²) >= 11 is 0. The number of amides is 2. The van der Waals surface area contributed by atoms with Gasteiger partial charge in [-0.05, 0) is 92.4 Å². The number of hydrogen-bond donors (Lipinski definition) is 2. The molecule has 1 aromatic rings. The first-order valence-corrected chi connectivity index (χ1v) is 13.2. The smallest absolute Gasteiger partial charge is 0.251 e. The number of nitrogens with zero attached hydrogens (tertiary/aromatic N) is 1. The van der Waals surface area contributed by atoms with Crippen molar-refractivity contribution < 1.29 is 19.4 Å². The molecule has 6 heteroatoms. The second-order valence-corrected chi connectivity index (χ2v) is 11.3. The number of carbonyl (C=O) groups is 2. The summed E-state index contributed by atoms with van der Waals surface area (Å²) in [6, 6.07) is 7.17. The number of aliphatic hydroxyl groups excluding tert-OH is 1. The molecule has 2 saturated carbocycles. The Morgan fingerprint density at radius 3 is 2.41 bits per heavy atom. The standard InChI is InChI=1S/C28H42N2O4/c1-18(27(33)30-16-6-5-7-17-30)22-12-14-28(3)15-13-23(19(2)24(28)25(22)31)29-26(32)20-8-10-21(34-4)11-9-20/h8-11,18-19,22-25,31H,5-7,12-17H2,1-4H3,(H,29,32)/t18-,19+,22+,23-,24+,25-,28-/m0/s1. The highest BCUT2D eigenvalue weighted by molar-refractivity contribution is 5.94. The van der Waals surface area contributed by atoms with Gasteiger partial charge in [-0.1, -0.05) is 20.8 Å². The summed E-state index contributed by atoms with van der Waals surface area (Å²) < 4.78 is 5.20. The van der Waals surface area contributed by atoms with E-state index in [0.717, 1.165) is 57.4 Å². The molecular weight excluding hydrogens is 428 g/mol. The Labute approximate surface area is 204 Å². The molecule has 0 spiro atoms. The zero-order valence-corrected chi connectivity index (χ0v) is 21.3. The van der Waals surface area contributed by atoms with Gasteiger partial charge in [0.2, 0.25) is 5.91 Å². The molecular formula is C28H42N2O4. The molecule has 1 aliphatic heterocycles. The molecule has 3 aliphatic rings. The van der Waals surface area contributed by atoms with Gasteiger partial charge in [-0.25, -0.2) is 0 Å². The Kier molecular flexibility index (Phi) is 7.56. The monoisotopic (exact) mass is 470 g/mol. The zero-order valence-electron chi connectivity index (χ0n) is 21.3. The zero-order chi connectivity index (χ0) is 24.5. The summed E-state index contributed by atoms with van der Waals surface area (Å²) in [5.41, 5.74) is 0.661. The lowest BCUT2D eigenvalue weighted by Gasteiger charge is -2.56. The van der Waals surface area contributed by atoms with Gasteiger partial charge in [0.25, 0.3) is 5.91 Å². The lowest BCUT2D eigenvalue weighted by molar-refractivity contribution is -0.150. The van der Waals surface area contributed by atoms with Gasteiger partial charge in [-0.3, -0.25) is 9.59 Å². The number of ether oxygens (including phenoxy) is 1. The van der Waals surface area contributed by atoms with Crippen LogP contribution in [0.25, 0.3) is 0 Å². The molecule has 188 valence electrons. The Morgan fingerprint density at radius 2 is 1.76 bits per heavy atom. The average molecular weight is 471 g/mol. The van der Waals surface area contributed by atoms with Crippen LogP contribution in [0.5, 0.6) is 5.75 Å². The number of carbonyl (C=O) groups excluding carboxylic acids is 2. The minimum atomic E-state index is -0.529. The van der Waals surface area contributed by atoms with E-state index in [1.807, 2.05) is 11.8 Å². The quantitative estimate of drug-likeness (QED) is 0.674. The molecule has 0 bridgehead atoms. The van der Waals surface area contributed by atoms with Gasteiger partial charge < -0.3 is 20.1 Å². The van der Waals surface area contributed by atoms with E-state index in [9.17, 15) is 14.7 Å². The summed E-state index contributed by atoms with van der Waals surface area (Å²) in [6.45, 7) is 8.19. The second kappa shape index (κ2) is 10.3. The van der Waals surface area contributed by atoms with Crippen LogP contribution in [0.3, 0.4) is 0 Å². The van der Waals surface area contributed by atoms with Crippen molar-refractivity contribution in [2.45, 2.75) is 77.9 Å². The summed E-state index contributed by atoms with van der Waals surface area (Å²) in [7, 11) is 1.61. The van der Waals surface area contributed by atoms with Gasteiger partial charge in [0.15, 0.2) is 0 Å². The van der Waals surface area contributed by atoms with Crippen LogP contribution in [0.15, 0.2) is 24.3 Å². The summed E-state index contributed by atoms with van der Waals surface area (Å²) in [4.78, 5) is 28.2. The summed E-state index contributed by atoms with van der Waals surface area (Å²) in [5.74, 6) is 0.862. The molecule has 0 unspecified atom stereocenters. The molecule has 2 N–H and O–H groups in total. The fourth-order valence-electron chi connectivity index (χ4n) is 7.08. The molecule has 34 heavy (non-hydrogen) atoms. The van der Waals surface area contributed by atoms with Crippen LogP contribution in [0, 0.1) is 29.1 Å². The van der Waals surface area contributed by atoms with E-state index in [2.05, 4.69) is 19.2 Å². The van der Waals surface area contributed by atoms with Crippen molar-refractivity contribution in [1.29, 1.82) is 0 Å². The SMILES string of the molecule is COc1ccc(C(=O)N[C@H]2CC[C@]3(C)CC[C@H]([C@H](C)C(=O)N4CCCCC4)[C@H](O)[C@H]3[C@@H]2C)cc1. The highest BCUT2D eigenvalue weighted by atomic mass is 16.5. The van der Waals surface area contributed by atoms with Crippen molar-refractivity contribution in [2.24, 2.45) is 29.1 Å². The van der Waals surface area contributed by atoms with Gasteiger partial charge in [0.1, 0.15) is 5.75 Å². The topological polar surface area (TPSA) is 78.9 Å². The number of likely N-dealkylation sites (tertiary alicyclic amines) is 1. The lowest BCUT2D eigenvalue weighted by Crippen LogP contribution is -2.58. The largest absolute Gasteiger partial charge is 0.497 e. The van der Waals surface area contributed by atoms with Crippen LogP contribution in [0.2, 0.25) is 0 Å². The van der Waals surface area contributed by atoms with E-state index in [0.29, 0.717) is 5.56 Å². The molecule has 7 atom stereocenters. The first-order chi connectivity index (χ1) is 16.2. The number of methoxy groups -OCH3 is 1. The molecule has 0 radical (unpaired) electrons. The van der Waals surface area contributed by atoms with Crippen molar-refractivity contribution in [3.8, 4) is 5.75 Å². The number of piperidine rings is 1. The van der Waals surface area contributed by atoms with Crippen molar-refractivity contribution in [1.82, 2.24) is 10.2 Å². The van der Waals surface area contributed by atoms with Gasteiger partial charge in [-0.15, -0.1) is 0 Å². The predicted octanol–water partition coefficient (Wildman–Crippen LogP) is 4.27. The van der Waals surface area contributed by atoms with E-state index >= 15 is 0 Å². The highest BCUT2D eigenvalue weighted by Gasteiger charge is 2.54. The summed E-state index contributed by atoms with van der Waals surface area (Å²) in [6.07, 6.45) is 6.65. The number of rotatable bonds is 5. The van der Waals surface area contributed by atoms with Gasteiger partial charge in [0.05, 0.1) is 13.2 Å². The molecule has 1 saturated heterocycles. The average Bonchev–Trinajstić information content (AvgIpc) is 2.85. The van der Waals surface area contributed by atoms with E-state index < -0.39 is 6.10 Å². The summed E-state index contributed by atoms with van der Waals surface area (Å²) in [5, 5.41) is 14.9. The fraction of sp³-hybridized carbons (Fsp3) is 0.714. The number of hydrogen-bond acceptors (Lipinski definition) is 4. The first-order valence-electron chi connectivity index (χ1n) is 13.2. The van der Waals surface area contributed by atoms with Crippen LogP contribution in [-0.2, 0) is 4.79 Å². The Bertz CT molecular complexity index is 866. The third-order valence-corrected chi connectivity index (χ3v) is 9.26. The lowest BCUT2D eigenvalue weighted by atomic mass is 9.51. The maximum absolute atomic E-state index is 13.2. The third-order valence-electron chi connectivity index (χ3n) is 9.26. The van der Waals surface area contributed by atoms with E-state index in [-0.39, 0.29) is 46.9 Å². The van der Waals surface area contributed by atoms with Crippen LogP contribution >= 0.6 is 0 Å². The van der Waals surface area contributed by atoms with Crippen molar-refractivity contribution in [2.75, 3.05) is 20.2 Å². The molecule has 3 fully saturated rings. The minimum Gasteiger partial charge on any atom is -0.497 e. The highest BCUT2D eigenvalue weighted by Crippen LogP contribution is 2.55. The second-order valence-electron chi connectivity index (χ2n) is 11.3. The molecule has 2 amide bonds. The number of benzene rings is 1. The van der Waals surface area contributed by atoms with Crippen LogP contribution in [0.4, 0.5) is 0 Å². The van der Waals surface area contributed by atoms with Gasteiger partial charge >= 0.3 is 0 Å². The van der Waals surface area contributed by atoms with Crippen molar-refractivity contribution in [3.05, 3.63) is 29.8 Å². The molecule has 2 aliphatic carbocycles. The Morgan fingerprint density at radius 1 is 1.12 bits per heavy atom. The normalized spacial score (nSPS) is 34.6. The van der Waals surface area contributed by atoms with Crippen LogP contribution in [-0.4, -0.2) is 54.2 Å². The molecule has 1 heterocycles. The van der Waals surface area contributed by atoms with Crippen molar-refractivity contribution in [3.63, 3.8) is 0 Å². The Balaban J connectivity index is 1.45. The maximum atomic E-state index is 13.2. The van der Waals surface area contributed by atoms with Crippen LogP contribution in [0.1, 0.15) is 76.1 Å². The van der Waals surface area contributed by atoms with E-state index in [1.165, 1.54) is 6.42 Å². The number of fused-ring (bicyclic) bond motifs is 1. The first kappa shape index (κ1) is 25.0. The minimum absolute atomic E-state index is 0.00850. The van der Waals surface area contributed by atoms with Gasteiger partial charge in [0, 0.05) is 30.6 Å². The van der Waals surface area contributed by atoms with Crippen LogP contribution < -0.4 is 10.1 Å². The van der Waals surface area contributed by atoms with E-state index in [1.54, 1.807) is 31.4 Å². The van der Waals surface area contributed by atoms with Gasteiger partial charge in [-0.2, -0.15) is 0 Å². The molecule has 6 nitrogen and oxygen atoms in total. The fourth-order valence-corrected chi connectivity index (χ4v) is 7.08. The predicted molar refractivity (Wildman–Crippen MR) is 133 cm³/mol. The van der Waals surface area contributed by atoms with E-state index in [4.69, 9.17) is 4.74 Å².